The van der Waals surface area contributed by atoms with Crippen LogP contribution in [0.2, 0.25) is 0 Å². The zero-order chi connectivity index (χ0) is 18.5. The number of benzene rings is 2. The molecular weight excluding hydrogens is 333 g/mol. The van der Waals surface area contributed by atoms with Crippen molar-refractivity contribution in [2.45, 2.75) is 25.4 Å². The lowest BCUT2D eigenvalue weighted by molar-refractivity contribution is -0.885. The SMILES string of the molecule is C[NH+](CC(=O)Nc1ccccc1C(=O)NC1CC1)Cc1ccccc1F. The van der Waals surface area contributed by atoms with Gasteiger partial charge in [-0.15, -0.1) is 0 Å². The molecule has 0 saturated heterocycles. The van der Waals surface area contributed by atoms with Crippen LogP contribution < -0.4 is 15.5 Å². The van der Waals surface area contributed by atoms with Crippen LogP contribution in [-0.4, -0.2) is 31.4 Å². The van der Waals surface area contributed by atoms with Gasteiger partial charge in [0.05, 0.1) is 18.3 Å². The molecule has 0 bridgehead atoms. The van der Waals surface area contributed by atoms with E-state index in [0.717, 1.165) is 17.7 Å². The zero-order valence-corrected chi connectivity index (χ0v) is 14.7. The Bertz CT molecular complexity index is 805. The van der Waals surface area contributed by atoms with Gasteiger partial charge in [0.15, 0.2) is 6.54 Å². The van der Waals surface area contributed by atoms with E-state index in [1.165, 1.54) is 6.07 Å². The smallest absolute Gasteiger partial charge is 0.279 e. The zero-order valence-electron chi connectivity index (χ0n) is 14.7. The Hall–Kier alpha value is -2.73. The summed E-state index contributed by atoms with van der Waals surface area (Å²) in [5, 5.41) is 5.73. The van der Waals surface area contributed by atoms with Crippen LogP contribution >= 0.6 is 0 Å². The van der Waals surface area contributed by atoms with Crippen molar-refractivity contribution in [2.75, 3.05) is 18.9 Å². The van der Waals surface area contributed by atoms with Crippen molar-refractivity contribution in [1.29, 1.82) is 0 Å². The number of carbonyl (C=O) groups is 2. The van der Waals surface area contributed by atoms with Gasteiger partial charge in [-0.1, -0.05) is 30.3 Å². The summed E-state index contributed by atoms with van der Waals surface area (Å²) in [5.41, 5.74) is 1.52. The van der Waals surface area contributed by atoms with E-state index < -0.39 is 0 Å². The summed E-state index contributed by atoms with van der Waals surface area (Å²) in [6, 6.07) is 13.8. The number of quaternary nitrogens is 1. The van der Waals surface area contributed by atoms with Gasteiger partial charge >= 0.3 is 0 Å². The fourth-order valence-electron chi connectivity index (χ4n) is 2.78. The van der Waals surface area contributed by atoms with Crippen LogP contribution in [0.1, 0.15) is 28.8 Å². The largest absolute Gasteiger partial charge is 0.349 e. The number of carbonyl (C=O) groups excluding carboxylic acids is 2. The molecule has 3 rings (SSSR count). The summed E-state index contributed by atoms with van der Waals surface area (Å²) in [5.74, 6) is -0.657. The third-order valence-corrected chi connectivity index (χ3v) is 4.27. The molecule has 26 heavy (non-hydrogen) atoms. The Labute approximate surface area is 152 Å². The van der Waals surface area contributed by atoms with Crippen LogP contribution in [0.3, 0.4) is 0 Å². The Balaban J connectivity index is 1.59. The van der Waals surface area contributed by atoms with Gasteiger partial charge in [0.1, 0.15) is 12.4 Å². The predicted molar refractivity (Wildman–Crippen MR) is 97.4 cm³/mol. The van der Waals surface area contributed by atoms with Crippen molar-refractivity contribution in [1.82, 2.24) is 5.32 Å². The molecule has 0 radical (unpaired) electrons. The van der Waals surface area contributed by atoms with Crippen LogP contribution in [0.25, 0.3) is 0 Å². The van der Waals surface area contributed by atoms with E-state index in [0.29, 0.717) is 23.4 Å². The van der Waals surface area contributed by atoms with Crippen LogP contribution in [0.4, 0.5) is 10.1 Å². The summed E-state index contributed by atoms with van der Waals surface area (Å²) in [7, 11) is 1.83. The van der Waals surface area contributed by atoms with Crippen molar-refractivity contribution < 1.29 is 18.9 Å². The number of likely N-dealkylation sites (N-methyl/N-ethyl adjacent to an activating group) is 1. The van der Waals surface area contributed by atoms with E-state index in [4.69, 9.17) is 0 Å². The molecule has 136 valence electrons. The molecule has 0 aliphatic heterocycles. The van der Waals surface area contributed by atoms with Gasteiger partial charge in [0, 0.05) is 11.6 Å². The van der Waals surface area contributed by atoms with E-state index in [1.54, 1.807) is 42.5 Å². The molecule has 1 aliphatic rings. The number of anilines is 1. The molecule has 1 atom stereocenters. The normalized spacial score (nSPS) is 14.5. The topological polar surface area (TPSA) is 62.6 Å². The fourth-order valence-corrected chi connectivity index (χ4v) is 2.78. The van der Waals surface area contributed by atoms with Crippen LogP contribution in [0.15, 0.2) is 48.5 Å². The Morgan fingerprint density at radius 3 is 2.54 bits per heavy atom. The first-order valence-electron chi connectivity index (χ1n) is 8.77. The molecular formula is C20H23FN3O2+. The van der Waals surface area contributed by atoms with E-state index in [-0.39, 0.29) is 30.2 Å². The highest BCUT2D eigenvalue weighted by atomic mass is 19.1. The van der Waals surface area contributed by atoms with Gasteiger partial charge in [-0.3, -0.25) is 9.59 Å². The molecule has 6 heteroatoms. The third-order valence-electron chi connectivity index (χ3n) is 4.27. The summed E-state index contributed by atoms with van der Waals surface area (Å²) < 4.78 is 13.7. The van der Waals surface area contributed by atoms with Gasteiger partial charge < -0.3 is 15.5 Å². The molecule has 0 heterocycles. The number of nitrogens with one attached hydrogen (secondary N) is 3. The monoisotopic (exact) mass is 356 g/mol. The van der Waals surface area contributed by atoms with E-state index in [2.05, 4.69) is 10.6 Å². The average Bonchev–Trinajstić information content (AvgIpc) is 3.41. The Morgan fingerprint density at radius 1 is 1.12 bits per heavy atom. The van der Waals surface area contributed by atoms with Crippen molar-refractivity contribution in [2.24, 2.45) is 0 Å². The van der Waals surface area contributed by atoms with Gasteiger partial charge in [-0.2, -0.15) is 0 Å². The van der Waals surface area contributed by atoms with Gasteiger partial charge in [0.2, 0.25) is 0 Å². The third kappa shape index (κ3) is 4.89. The van der Waals surface area contributed by atoms with Gasteiger partial charge in [0.25, 0.3) is 11.8 Å². The number of hydrogen-bond acceptors (Lipinski definition) is 2. The number of hydrogen-bond donors (Lipinski definition) is 3. The highest BCUT2D eigenvalue weighted by molar-refractivity contribution is 6.04. The van der Waals surface area contributed by atoms with Gasteiger partial charge in [-0.05, 0) is 31.0 Å². The molecule has 2 aromatic carbocycles. The number of halogens is 1. The lowest BCUT2D eigenvalue weighted by atomic mass is 10.1. The average molecular weight is 356 g/mol. The number of amides is 2. The van der Waals surface area contributed by atoms with Crippen molar-refractivity contribution in [3.8, 4) is 0 Å². The molecule has 2 aromatic rings. The summed E-state index contributed by atoms with van der Waals surface area (Å²) >= 11 is 0. The maximum Gasteiger partial charge on any atom is 0.279 e. The minimum atomic E-state index is -0.269. The second kappa shape index (κ2) is 8.10. The van der Waals surface area contributed by atoms with E-state index >= 15 is 0 Å². The quantitative estimate of drug-likeness (QED) is 0.702. The maximum absolute atomic E-state index is 13.7. The second-order valence-electron chi connectivity index (χ2n) is 6.74. The molecule has 1 aliphatic carbocycles. The number of para-hydroxylation sites is 1. The van der Waals surface area contributed by atoms with Crippen molar-refractivity contribution >= 4 is 17.5 Å². The summed E-state index contributed by atoms with van der Waals surface area (Å²) in [6.07, 6.45) is 2.01. The highest BCUT2D eigenvalue weighted by Gasteiger charge is 2.25. The van der Waals surface area contributed by atoms with Crippen molar-refractivity contribution in [3.63, 3.8) is 0 Å². The first-order chi connectivity index (χ1) is 12.5. The minimum absolute atomic E-state index is 0.171. The molecule has 1 fully saturated rings. The second-order valence-corrected chi connectivity index (χ2v) is 6.74. The molecule has 2 amide bonds. The molecule has 1 unspecified atom stereocenters. The van der Waals surface area contributed by atoms with Crippen LogP contribution in [-0.2, 0) is 11.3 Å². The van der Waals surface area contributed by atoms with E-state index in [9.17, 15) is 14.0 Å². The standard InChI is InChI=1S/C20H22FN3O2/c1-24(12-14-6-2-4-8-17(14)21)13-19(25)23-18-9-5-3-7-16(18)20(26)22-15-10-11-15/h2-9,15H,10-13H2,1H3,(H,22,26)(H,23,25)/p+1. The molecule has 0 spiro atoms. The molecule has 5 nitrogen and oxygen atoms in total. The van der Waals surface area contributed by atoms with Crippen LogP contribution in [0.5, 0.6) is 0 Å². The molecule has 1 saturated carbocycles. The fraction of sp³-hybridized carbons (Fsp3) is 0.300. The Morgan fingerprint density at radius 2 is 1.81 bits per heavy atom. The maximum atomic E-state index is 13.7. The lowest BCUT2D eigenvalue weighted by Crippen LogP contribution is -3.08. The van der Waals surface area contributed by atoms with Crippen molar-refractivity contribution in [3.05, 3.63) is 65.5 Å². The molecule has 3 N–H and O–H groups in total. The van der Waals surface area contributed by atoms with E-state index in [1.807, 2.05) is 7.05 Å². The van der Waals surface area contributed by atoms with Gasteiger partial charge in [-0.25, -0.2) is 4.39 Å². The summed E-state index contributed by atoms with van der Waals surface area (Å²) in [6.45, 7) is 0.580. The first-order valence-corrected chi connectivity index (χ1v) is 8.77. The lowest BCUT2D eigenvalue weighted by Gasteiger charge is -2.15. The Kier molecular flexibility index (Phi) is 5.63. The first kappa shape index (κ1) is 18.1. The predicted octanol–water partition coefficient (Wildman–Crippen LogP) is 1.37. The van der Waals surface area contributed by atoms with Crippen LogP contribution in [0, 0.1) is 5.82 Å². The summed E-state index contributed by atoms with van der Waals surface area (Å²) in [4.78, 5) is 25.5. The number of rotatable bonds is 7. The minimum Gasteiger partial charge on any atom is -0.349 e. The molecule has 0 aromatic heterocycles. The highest BCUT2D eigenvalue weighted by Crippen LogP contribution is 2.21.